The number of pyridine rings is 1. The Morgan fingerprint density at radius 2 is 2.09 bits per heavy atom. The molecule has 0 aromatic carbocycles. The van der Waals surface area contributed by atoms with Gasteiger partial charge in [0.25, 0.3) is 0 Å². The minimum Gasteiger partial charge on any atom is -0.485 e. The van der Waals surface area contributed by atoms with Gasteiger partial charge in [-0.15, -0.1) is 0 Å². The Bertz CT molecular complexity index is 682. The maximum atomic E-state index is 13.0. The van der Waals surface area contributed by atoms with Gasteiger partial charge < -0.3 is 14.0 Å². The monoisotopic (exact) mass is 316 g/mol. The highest BCUT2D eigenvalue weighted by Crippen LogP contribution is 2.38. The Balaban J connectivity index is 2.38. The number of methoxy groups -OCH3 is 1. The van der Waals surface area contributed by atoms with Crippen molar-refractivity contribution in [2.24, 2.45) is 0 Å². The third kappa shape index (κ3) is 3.35. The number of alkyl halides is 3. The first-order chi connectivity index (χ1) is 10.3. The van der Waals surface area contributed by atoms with E-state index in [9.17, 15) is 18.0 Å². The summed E-state index contributed by atoms with van der Waals surface area (Å²) in [5.74, 6) is -1.16. The number of hydrogen-bond donors (Lipinski definition) is 0. The number of rotatable bonds is 4. The zero-order chi connectivity index (χ0) is 16.3. The van der Waals surface area contributed by atoms with Crippen molar-refractivity contribution < 1.29 is 32.0 Å². The summed E-state index contributed by atoms with van der Waals surface area (Å²) in [5, 5.41) is 3.60. The van der Waals surface area contributed by atoms with E-state index in [0.29, 0.717) is 17.7 Å². The largest absolute Gasteiger partial charge is 0.485 e. The number of carbonyl (C=O) groups is 1. The Morgan fingerprint density at radius 1 is 1.36 bits per heavy atom. The quantitative estimate of drug-likeness (QED) is 0.808. The SMILES string of the molecule is COC(=O)c1cncc(C(F)(F)F)c1OCc1cc(C)on1. The lowest BCUT2D eigenvalue weighted by Crippen LogP contribution is -2.14. The summed E-state index contributed by atoms with van der Waals surface area (Å²) in [4.78, 5) is 15.0. The molecule has 2 rings (SSSR count). The molecule has 2 heterocycles. The van der Waals surface area contributed by atoms with Crippen molar-refractivity contribution in [3.05, 3.63) is 41.0 Å². The van der Waals surface area contributed by atoms with E-state index in [1.54, 1.807) is 6.92 Å². The van der Waals surface area contributed by atoms with E-state index in [-0.39, 0.29) is 6.61 Å². The van der Waals surface area contributed by atoms with Gasteiger partial charge in [-0.1, -0.05) is 5.16 Å². The number of hydrogen-bond acceptors (Lipinski definition) is 6. The molecule has 0 radical (unpaired) electrons. The summed E-state index contributed by atoms with van der Waals surface area (Å²) in [6.07, 6.45) is -3.20. The van der Waals surface area contributed by atoms with Crippen LogP contribution in [-0.2, 0) is 17.5 Å². The van der Waals surface area contributed by atoms with Crippen molar-refractivity contribution in [3.8, 4) is 5.75 Å². The molecule has 0 amide bonds. The molecule has 0 unspecified atom stereocenters. The van der Waals surface area contributed by atoms with Gasteiger partial charge in [0.05, 0.1) is 7.11 Å². The molecule has 0 saturated carbocycles. The summed E-state index contributed by atoms with van der Waals surface area (Å²) < 4.78 is 53.4. The number of aryl methyl sites for hydroxylation is 1. The van der Waals surface area contributed by atoms with E-state index >= 15 is 0 Å². The van der Waals surface area contributed by atoms with Crippen LogP contribution in [0.4, 0.5) is 13.2 Å². The van der Waals surface area contributed by atoms with Crippen LogP contribution < -0.4 is 4.74 Å². The minimum absolute atomic E-state index is 0.290. The highest BCUT2D eigenvalue weighted by atomic mass is 19.4. The fourth-order valence-corrected chi connectivity index (χ4v) is 1.69. The molecule has 9 heteroatoms. The molecule has 6 nitrogen and oxygen atoms in total. The van der Waals surface area contributed by atoms with Gasteiger partial charge in [0.2, 0.25) is 0 Å². The number of halogens is 3. The maximum absolute atomic E-state index is 13.0. The topological polar surface area (TPSA) is 74.5 Å². The molecule has 0 atom stereocenters. The molecule has 2 aromatic heterocycles. The van der Waals surface area contributed by atoms with Crippen LogP contribution in [0.1, 0.15) is 27.4 Å². The molecule has 0 N–H and O–H groups in total. The van der Waals surface area contributed by atoms with Gasteiger partial charge in [-0.05, 0) is 6.92 Å². The molecular formula is C13H11F3N2O4. The predicted molar refractivity (Wildman–Crippen MR) is 66.2 cm³/mol. The van der Waals surface area contributed by atoms with E-state index in [2.05, 4.69) is 14.9 Å². The number of nitrogens with zero attached hydrogens (tertiary/aromatic N) is 2. The lowest BCUT2D eigenvalue weighted by molar-refractivity contribution is -0.139. The van der Waals surface area contributed by atoms with Crippen LogP contribution in [0.2, 0.25) is 0 Å². The highest BCUT2D eigenvalue weighted by molar-refractivity contribution is 5.92. The van der Waals surface area contributed by atoms with E-state index in [1.165, 1.54) is 6.07 Å². The van der Waals surface area contributed by atoms with Gasteiger partial charge in [-0.25, -0.2) is 4.79 Å². The Kier molecular flexibility index (Phi) is 4.34. The van der Waals surface area contributed by atoms with Crippen LogP contribution in [0.5, 0.6) is 5.75 Å². The first-order valence-corrected chi connectivity index (χ1v) is 6.01. The molecule has 0 saturated heterocycles. The Labute approximate surface area is 122 Å². The van der Waals surface area contributed by atoms with Gasteiger partial charge >= 0.3 is 12.1 Å². The third-order valence-electron chi connectivity index (χ3n) is 2.65. The number of aromatic nitrogens is 2. The summed E-state index contributed by atoms with van der Waals surface area (Å²) in [6, 6.07) is 1.51. The predicted octanol–water partition coefficient (Wildman–Crippen LogP) is 2.76. The fraction of sp³-hybridized carbons (Fsp3) is 0.308. The second-order valence-electron chi connectivity index (χ2n) is 4.27. The zero-order valence-electron chi connectivity index (χ0n) is 11.6. The number of ether oxygens (including phenoxy) is 2. The van der Waals surface area contributed by atoms with Crippen LogP contribution in [0.15, 0.2) is 23.0 Å². The van der Waals surface area contributed by atoms with Crippen LogP contribution in [0.25, 0.3) is 0 Å². The Hall–Kier alpha value is -2.58. The van der Waals surface area contributed by atoms with Gasteiger partial charge in [-0.3, -0.25) is 4.98 Å². The van der Waals surface area contributed by atoms with Crippen molar-refractivity contribution >= 4 is 5.97 Å². The number of carbonyl (C=O) groups excluding carboxylic acids is 1. The average Bonchev–Trinajstić information content (AvgIpc) is 2.88. The highest BCUT2D eigenvalue weighted by Gasteiger charge is 2.37. The molecule has 0 aliphatic rings. The molecule has 118 valence electrons. The smallest absolute Gasteiger partial charge is 0.421 e. The van der Waals surface area contributed by atoms with Crippen LogP contribution in [0, 0.1) is 6.92 Å². The van der Waals surface area contributed by atoms with E-state index in [4.69, 9.17) is 9.26 Å². The van der Waals surface area contributed by atoms with Gasteiger partial charge in [0.1, 0.15) is 34.9 Å². The lowest BCUT2D eigenvalue weighted by atomic mass is 10.1. The van der Waals surface area contributed by atoms with Gasteiger partial charge in [0.15, 0.2) is 0 Å². The van der Waals surface area contributed by atoms with Gasteiger partial charge in [-0.2, -0.15) is 13.2 Å². The van der Waals surface area contributed by atoms with Crippen LogP contribution in [-0.4, -0.2) is 23.2 Å². The van der Waals surface area contributed by atoms with Crippen LogP contribution in [0.3, 0.4) is 0 Å². The van der Waals surface area contributed by atoms with Crippen molar-refractivity contribution in [2.45, 2.75) is 19.7 Å². The Morgan fingerprint density at radius 3 is 2.64 bits per heavy atom. The summed E-state index contributed by atoms with van der Waals surface area (Å²) in [6.45, 7) is 1.33. The second-order valence-corrected chi connectivity index (χ2v) is 4.27. The molecule has 22 heavy (non-hydrogen) atoms. The lowest BCUT2D eigenvalue weighted by Gasteiger charge is -2.15. The number of esters is 1. The standard InChI is InChI=1S/C13H11F3N2O4/c1-7-3-8(18-22-7)6-21-11-9(12(19)20-2)4-17-5-10(11)13(14,15)16/h3-5H,6H2,1-2H3. The summed E-state index contributed by atoms with van der Waals surface area (Å²) in [7, 11) is 1.05. The van der Waals surface area contributed by atoms with Crippen LogP contribution >= 0.6 is 0 Å². The van der Waals surface area contributed by atoms with Crippen molar-refractivity contribution in [3.63, 3.8) is 0 Å². The van der Waals surface area contributed by atoms with E-state index in [1.807, 2.05) is 0 Å². The van der Waals surface area contributed by atoms with E-state index in [0.717, 1.165) is 13.3 Å². The molecule has 0 aliphatic carbocycles. The molecule has 2 aromatic rings. The second kappa shape index (κ2) is 6.04. The molecule has 0 aliphatic heterocycles. The summed E-state index contributed by atoms with van der Waals surface area (Å²) in [5.41, 5.74) is -1.30. The zero-order valence-corrected chi connectivity index (χ0v) is 11.6. The molecule has 0 bridgehead atoms. The van der Waals surface area contributed by atoms with E-state index < -0.39 is 29.0 Å². The molecule has 0 fully saturated rings. The average molecular weight is 316 g/mol. The molecule has 0 spiro atoms. The first kappa shape index (κ1) is 15.8. The third-order valence-corrected chi connectivity index (χ3v) is 2.65. The van der Waals surface area contributed by atoms with Crippen molar-refractivity contribution in [2.75, 3.05) is 7.11 Å². The van der Waals surface area contributed by atoms with Crippen molar-refractivity contribution in [1.82, 2.24) is 10.1 Å². The maximum Gasteiger partial charge on any atom is 0.421 e. The first-order valence-electron chi connectivity index (χ1n) is 6.01. The molecular weight excluding hydrogens is 305 g/mol. The van der Waals surface area contributed by atoms with Crippen molar-refractivity contribution in [1.29, 1.82) is 0 Å². The normalized spacial score (nSPS) is 11.3. The summed E-state index contributed by atoms with van der Waals surface area (Å²) >= 11 is 0. The fourth-order valence-electron chi connectivity index (χ4n) is 1.69. The minimum atomic E-state index is -4.73. The van der Waals surface area contributed by atoms with Gasteiger partial charge in [0, 0.05) is 18.5 Å².